The van der Waals surface area contributed by atoms with Gasteiger partial charge in [-0.2, -0.15) is 0 Å². The number of carbonyl (C=O) groups is 1. The van der Waals surface area contributed by atoms with Gasteiger partial charge < -0.3 is 14.2 Å². The highest BCUT2D eigenvalue weighted by atomic mass is 16.5. The molecule has 0 radical (unpaired) electrons. The lowest BCUT2D eigenvalue weighted by atomic mass is 10.1. The van der Waals surface area contributed by atoms with Gasteiger partial charge in [-0.3, -0.25) is 0 Å². The molecule has 0 spiro atoms. The maximum absolute atomic E-state index is 12.5. The van der Waals surface area contributed by atoms with E-state index in [1.165, 1.54) is 25.7 Å². The summed E-state index contributed by atoms with van der Waals surface area (Å²) in [5, 5.41) is 0. The molecule has 2 rings (SSSR count). The first-order valence-corrected chi connectivity index (χ1v) is 11.7. The SMILES string of the molecule is CCCCCCCOC(C)c1ccc(OC(=O)c2ccc(C(C)OCCC)cc2)cc1. The summed E-state index contributed by atoms with van der Waals surface area (Å²) in [4.78, 5) is 12.5. The molecule has 0 amide bonds. The van der Waals surface area contributed by atoms with E-state index in [2.05, 4.69) is 20.8 Å². The molecule has 0 bridgehead atoms. The van der Waals surface area contributed by atoms with E-state index in [1.807, 2.05) is 43.3 Å². The zero-order chi connectivity index (χ0) is 22.5. The Morgan fingerprint density at radius 1 is 0.710 bits per heavy atom. The Morgan fingerprint density at radius 2 is 1.26 bits per heavy atom. The van der Waals surface area contributed by atoms with E-state index in [0.29, 0.717) is 11.3 Å². The molecule has 2 atom stereocenters. The lowest BCUT2D eigenvalue weighted by molar-refractivity contribution is 0.0627. The molecule has 0 heterocycles. The second-order valence-electron chi connectivity index (χ2n) is 8.02. The summed E-state index contributed by atoms with van der Waals surface area (Å²) in [6.07, 6.45) is 7.18. The van der Waals surface area contributed by atoms with E-state index in [9.17, 15) is 4.79 Å². The molecule has 0 aliphatic carbocycles. The number of ether oxygens (including phenoxy) is 3. The monoisotopic (exact) mass is 426 g/mol. The third-order valence-electron chi connectivity index (χ3n) is 5.36. The first kappa shape index (κ1) is 25.1. The van der Waals surface area contributed by atoms with Crippen LogP contribution in [0, 0.1) is 0 Å². The van der Waals surface area contributed by atoms with Crippen LogP contribution in [-0.2, 0) is 9.47 Å². The van der Waals surface area contributed by atoms with Crippen LogP contribution in [0.5, 0.6) is 5.75 Å². The molecule has 0 N–H and O–H groups in total. The summed E-state index contributed by atoms with van der Waals surface area (Å²) in [7, 11) is 0. The van der Waals surface area contributed by atoms with Gasteiger partial charge in [0.05, 0.1) is 17.8 Å². The van der Waals surface area contributed by atoms with Crippen LogP contribution in [0.3, 0.4) is 0 Å². The predicted molar refractivity (Wildman–Crippen MR) is 126 cm³/mol. The summed E-state index contributed by atoms with van der Waals surface area (Å²) >= 11 is 0. The highest BCUT2D eigenvalue weighted by molar-refractivity contribution is 5.91. The van der Waals surface area contributed by atoms with Gasteiger partial charge in [0.2, 0.25) is 0 Å². The standard InChI is InChI=1S/C27H38O4/c1-5-7-8-9-10-20-30-22(4)24-15-17-26(18-16-24)31-27(28)25-13-11-23(12-14-25)21(3)29-19-6-2/h11-18,21-22H,5-10,19-20H2,1-4H3. The molecular weight excluding hydrogens is 388 g/mol. The van der Waals surface area contributed by atoms with Crippen molar-refractivity contribution in [3.63, 3.8) is 0 Å². The molecule has 4 heteroatoms. The number of unbranched alkanes of at least 4 members (excludes halogenated alkanes) is 4. The Kier molecular flexibility index (Phi) is 11.3. The van der Waals surface area contributed by atoms with Crippen LogP contribution in [0.1, 0.15) is 99.9 Å². The van der Waals surface area contributed by atoms with Crippen molar-refractivity contribution in [2.45, 2.75) is 78.4 Å². The Balaban J connectivity index is 1.81. The summed E-state index contributed by atoms with van der Waals surface area (Å²) in [6, 6.07) is 15.0. The highest BCUT2D eigenvalue weighted by Crippen LogP contribution is 2.22. The zero-order valence-electron chi connectivity index (χ0n) is 19.6. The molecule has 0 aliphatic rings. The van der Waals surface area contributed by atoms with Gasteiger partial charge in [0.15, 0.2) is 0 Å². The van der Waals surface area contributed by atoms with Crippen molar-refractivity contribution in [3.8, 4) is 5.75 Å². The molecule has 4 nitrogen and oxygen atoms in total. The van der Waals surface area contributed by atoms with Crippen LogP contribution >= 0.6 is 0 Å². The molecule has 0 aliphatic heterocycles. The summed E-state index contributed by atoms with van der Waals surface area (Å²) in [6.45, 7) is 9.88. The smallest absolute Gasteiger partial charge is 0.343 e. The first-order chi connectivity index (χ1) is 15.0. The average molecular weight is 427 g/mol. The van der Waals surface area contributed by atoms with Crippen LogP contribution in [0.2, 0.25) is 0 Å². The van der Waals surface area contributed by atoms with E-state index < -0.39 is 0 Å². The van der Waals surface area contributed by atoms with Crippen molar-refractivity contribution in [1.29, 1.82) is 0 Å². The van der Waals surface area contributed by atoms with Gasteiger partial charge in [0.1, 0.15) is 5.75 Å². The van der Waals surface area contributed by atoms with Gasteiger partial charge in [-0.15, -0.1) is 0 Å². The van der Waals surface area contributed by atoms with Gasteiger partial charge in [-0.05, 0) is 62.1 Å². The van der Waals surface area contributed by atoms with Crippen molar-refractivity contribution in [3.05, 3.63) is 65.2 Å². The number of benzene rings is 2. The second kappa shape index (κ2) is 14.0. The Hall–Kier alpha value is -2.17. The van der Waals surface area contributed by atoms with E-state index in [4.69, 9.17) is 14.2 Å². The van der Waals surface area contributed by atoms with Crippen molar-refractivity contribution in [1.82, 2.24) is 0 Å². The Morgan fingerprint density at radius 3 is 1.84 bits per heavy atom. The van der Waals surface area contributed by atoms with Crippen LogP contribution in [-0.4, -0.2) is 19.2 Å². The van der Waals surface area contributed by atoms with Crippen LogP contribution in [0.15, 0.2) is 48.5 Å². The molecule has 2 aromatic carbocycles. The van der Waals surface area contributed by atoms with Crippen molar-refractivity contribution in [2.24, 2.45) is 0 Å². The second-order valence-corrected chi connectivity index (χ2v) is 8.02. The van der Waals surface area contributed by atoms with Crippen molar-refractivity contribution >= 4 is 5.97 Å². The quantitative estimate of drug-likeness (QED) is 0.179. The van der Waals surface area contributed by atoms with Crippen LogP contribution in [0.4, 0.5) is 0 Å². The Labute approximate surface area is 187 Å². The molecule has 0 saturated carbocycles. The average Bonchev–Trinajstić information content (AvgIpc) is 2.80. The van der Waals surface area contributed by atoms with E-state index in [1.54, 1.807) is 12.1 Å². The minimum atomic E-state index is -0.363. The topological polar surface area (TPSA) is 44.8 Å². The third kappa shape index (κ3) is 8.84. The fourth-order valence-corrected chi connectivity index (χ4v) is 3.32. The third-order valence-corrected chi connectivity index (χ3v) is 5.36. The number of hydrogen-bond donors (Lipinski definition) is 0. The number of carbonyl (C=O) groups excluding carboxylic acids is 1. The lowest BCUT2D eigenvalue weighted by Crippen LogP contribution is -2.09. The van der Waals surface area contributed by atoms with E-state index in [0.717, 1.165) is 37.2 Å². The van der Waals surface area contributed by atoms with Crippen molar-refractivity contribution in [2.75, 3.05) is 13.2 Å². The first-order valence-electron chi connectivity index (χ1n) is 11.7. The lowest BCUT2D eigenvalue weighted by Gasteiger charge is -2.14. The number of esters is 1. The minimum Gasteiger partial charge on any atom is -0.423 e. The maximum atomic E-state index is 12.5. The van der Waals surface area contributed by atoms with Crippen LogP contribution < -0.4 is 4.74 Å². The molecule has 31 heavy (non-hydrogen) atoms. The summed E-state index contributed by atoms with van der Waals surface area (Å²) < 4.78 is 17.2. The van der Waals surface area contributed by atoms with Gasteiger partial charge in [0, 0.05) is 13.2 Å². The molecule has 0 aromatic heterocycles. The van der Waals surface area contributed by atoms with Gasteiger partial charge in [-0.1, -0.05) is 63.8 Å². The molecular formula is C27H38O4. The molecule has 0 saturated heterocycles. The maximum Gasteiger partial charge on any atom is 0.343 e. The Bertz CT molecular complexity index is 752. The van der Waals surface area contributed by atoms with Gasteiger partial charge >= 0.3 is 5.97 Å². The largest absolute Gasteiger partial charge is 0.423 e. The molecule has 0 fully saturated rings. The van der Waals surface area contributed by atoms with Crippen LogP contribution in [0.25, 0.3) is 0 Å². The van der Waals surface area contributed by atoms with E-state index >= 15 is 0 Å². The fourth-order valence-electron chi connectivity index (χ4n) is 3.32. The van der Waals surface area contributed by atoms with Crippen molar-refractivity contribution < 1.29 is 19.0 Å². The molecule has 2 unspecified atom stereocenters. The highest BCUT2D eigenvalue weighted by Gasteiger charge is 2.12. The molecule has 2 aromatic rings. The number of rotatable bonds is 14. The molecule has 170 valence electrons. The zero-order valence-corrected chi connectivity index (χ0v) is 19.6. The van der Waals surface area contributed by atoms with E-state index in [-0.39, 0.29) is 18.2 Å². The minimum absolute atomic E-state index is 0.0121. The fraction of sp³-hybridized carbons (Fsp3) is 0.519. The summed E-state index contributed by atoms with van der Waals surface area (Å²) in [5.74, 6) is 0.169. The predicted octanol–water partition coefficient (Wildman–Crippen LogP) is 7.44. The summed E-state index contributed by atoms with van der Waals surface area (Å²) in [5.41, 5.74) is 2.66. The van der Waals surface area contributed by atoms with Gasteiger partial charge in [-0.25, -0.2) is 4.79 Å². The number of hydrogen-bond acceptors (Lipinski definition) is 4. The normalized spacial score (nSPS) is 13.0. The van der Waals surface area contributed by atoms with Gasteiger partial charge in [0.25, 0.3) is 0 Å².